The number of ether oxygens (including phenoxy) is 1. The van der Waals surface area contributed by atoms with Gasteiger partial charge >= 0.3 is 6.61 Å². The molecule has 0 spiro atoms. The molecule has 138 valence electrons. The van der Waals surface area contributed by atoms with Crippen LogP contribution in [-0.4, -0.2) is 48.5 Å². The van der Waals surface area contributed by atoms with Gasteiger partial charge in [0.25, 0.3) is 5.91 Å². The standard InChI is InChI=1S/C19H19BrF2N2O2/c20-17-7-2-1-4-15(17)13-23-8-10-24(11-9-23)18(25)14-5-3-6-16(12-14)26-19(21)22/h1-7,12,19H,8-11,13H2. The van der Waals surface area contributed by atoms with Crippen molar-refractivity contribution in [1.82, 2.24) is 9.80 Å². The number of rotatable bonds is 5. The number of nitrogens with zero attached hydrogens (tertiary/aromatic N) is 2. The molecule has 0 aliphatic carbocycles. The molecule has 0 radical (unpaired) electrons. The first kappa shape index (κ1) is 18.8. The van der Waals surface area contributed by atoms with Crippen LogP contribution >= 0.6 is 15.9 Å². The Morgan fingerprint density at radius 2 is 1.81 bits per heavy atom. The third kappa shape index (κ3) is 4.80. The Labute approximate surface area is 159 Å². The number of hydrogen-bond donors (Lipinski definition) is 0. The van der Waals surface area contributed by atoms with E-state index in [1.807, 2.05) is 18.2 Å². The average molecular weight is 425 g/mol. The monoisotopic (exact) mass is 424 g/mol. The van der Waals surface area contributed by atoms with E-state index >= 15 is 0 Å². The number of hydrogen-bond acceptors (Lipinski definition) is 3. The van der Waals surface area contributed by atoms with E-state index < -0.39 is 6.61 Å². The fraction of sp³-hybridized carbons (Fsp3) is 0.316. The van der Waals surface area contributed by atoms with E-state index in [-0.39, 0.29) is 11.7 Å². The van der Waals surface area contributed by atoms with E-state index in [1.165, 1.54) is 17.7 Å². The van der Waals surface area contributed by atoms with Gasteiger partial charge in [0.2, 0.25) is 0 Å². The second-order valence-electron chi connectivity index (χ2n) is 6.07. The third-order valence-electron chi connectivity index (χ3n) is 4.32. The van der Waals surface area contributed by atoms with Gasteiger partial charge in [-0.3, -0.25) is 9.69 Å². The van der Waals surface area contributed by atoms with Crippen LogP contribution in [0.2, 0.25) is 0 Å². The number of halogens is 3. The highest BCUT2D eigenvalue weighted by Crippen LogP contribution is 2.20. The van der Waals surface area contributed by atoms with Crippen molar-refractivity contribution in [3.8, 4) is 5.75 Å². The quantitative estimate of drug-likeness (QED) is 0.726. The molecule has 2 aromatic rings. The molecule has 1 aliphatic heterocycles. The summed E-state index contributed by atoms with van der Waals surface area (Å²) in [6.45, 7) is 0.648. The molecular weight excluding hydrogens is 406 g/mol. The highest BCUT2D eigenvalue weighted by Gasteiger charge is 2.23. The van der Waals surface area contributed by atoms with Crippen LogP contribution < -0.4 is 4.74 Å². The normalized spacial score (nSPS) is 15.3. The lowest BCUT2D eigenvalue weighted by molar-refractivity contribution is -0.0499. The second kappa shape index (κ2) is 8.60. The maximum atomic E-state index is 12.6. The van der Waals surface area contributed by atoms with Gasteiger partial charge in [0.15, 0.2) is 0 Å². The van der Waals surface area contributed by atoms with Crippen molar-refractivity contribution in [3.05, 3.63) is 64.1 Å². The van der Waals surface area contributed by atoms with Crippen molar-refractivity contribution < 1.29 is 18.3 Å². The topological polar surface area (TPSA) is 32.8 Å². The Morgan fingerprint density at radius 3 is 2.50 bits per heavy atom. The largest absolute Gasteiger partial charge is 0.435 e. The fourth-order valence-electron chi connectivity index (χ4n) is 2.96. The third-order valence-corrected chi connectivity index (χ3v) is 5.09. The summed E-state index contributed by atoms with van der Waals surface area (Å²) in [4.78, 5) is 16.7. The predicted octanol–water partition coefficient (Wildman–Crippen LogP) is 4.01. The van der Waals surface area contributed by atoms with Crippen LogP contribution in [0, 0.1) is 0 Å². The van der Waals surface area contributed by atoms with Crippen LogP contribution in [0.1, 0.15) is 15.9 Å². The summed E-state index contributed by atoms with van der Waals surface area (Å²) in [6, 6.07) is 14.0. The lowest BCUT2D eigenvalue weighted by Crippen LogP contribution is -2.48. The molecule has 1 saturated heterocycles. The molecule has 1 amide bonds. The number of piperazine rings is 1. The molecule has 0 saturated carbocycles. The predicted molar refractivity (Wildman–Crippen MR) is 98.4 cm³/mol. The minimum Gasteiger partial charge on any atom is -0.435 e. The van der Waals surface area contributed by atoms with Gasteiger partial charge in [-0.05, 0) is 29.8 Å². The van der Waals surface area contributed by atoms with Gasteiger partial charge in [0.1, 0.15) is 5.75 Å². The molecule has 26 heavy (non-hydrogen) atoms. The minimum absolute atomic E-state index is 0.00147. The first-order valence-electron chi connectivity index (χ1n) is 8.33. The Balaban J connectivity index is 1.58. The van der Waals surface area contributed by atoms with E-state index in [1.54, 1.807) is 17.0 Å². The van der Waals surface area contributed by atoms with Crippen molar-refractivity contribution in [2.24, 2.45) is 0 Å². The summed E-state index contributed by atoms with van der Waals surface area (Å²) >= 11 is 3.56. The Hall–Kier alpha value is -1.99. The Bertz CT molecular complexity index is 765. The highest BCUT2D eigenvalue weighted by molar-refractivity contribution is 9.10. The molecule has 0 unspecified atom stereocenters. The van der Waals surface area contributed by atoms with Crippen molar-refractivity contribution in [2.75, 3.05) is 26.2 Å². The van der Waals surface area contributed by atoms with Crippen molar-refractivity contribution in [3.63, 3.8) is 0 Å². The Kier molecular flexibility index (Phi) is 6.21. The zero-order valence-electron chi connectivity index (χ0n) is 14.1. The maximum Gasteiger partial charge on any atom is 0.387 e. The first-order chi connectivity index (χ1) is 12.5. The second-order valence-corrected chi connectivity index (χ2v) is 6.92. The van der Waals surface area contributed by atoms with E-state index in [4.69, 9.17) is 0 Å². The molecule has 0 bridgehead atoms. The molecule has 0 atom stereocenters. The smallest absolute Gasteiger partial charge is 0.387 e. The average Bonchev–Trinajstić information content (AvgIpc) is 2.63. The SMILES string of the molecule is O=C(c1cccc(OC(F)F)c1)N1CCN(Cc2ccccc2Br)CC1. The van der Waals surface area contributed by atoms with Crippen LogP contribution in [0.5, 0.6) is 5.75 Å². The number of benzene rings is 2. The number of alkyl halides is 2. The van der Waals surface area contributed by atoms with Crippen molar-refractivity contribution >= 4 is 21.8 Å². The van der Waals surface area contributed by atoms with Crippen LogP contribution in [0.4, 0.5) is 8.78 Å². The van der Waals surface area contributed by atoms with Gasteiger partial charge in [-0.2, -0.15) is 8.78 Å². The summed E-state index contributed by atoms with van der Waals surface area (Å²) in [6.07, 6.45) is 0. The maximum absolute atomic E-state index is 12.6. The van der Waals surface area contributed by atoms with Gasteiger partial charge in [-0.15, -0.1) is 0 Å². The zero-order valence-corrected chi connectivity index (χ0v) is 15.7. The lowest BCUT2D eigenvalue weighted by Gasteiger charge is -2.35. The summed E-state index contributed by atoms with van der Waals surface area (Å²) < 4.78 is 30.1. The molecule has 4 nitrogen and oxygen atoms in total. The van der Waals surface area contributed by atoms with E-state index in [0.29, 0.717) is 18.7 Å². The summed E-state index contributed by atoms with van der Waals surface area (Å²) in [5.41, 5.74) is 1.58. The molecule has 1 aliphatic rings. The van der Waals surface area contributed by atoms with Crippen LogP contribution in [0.25, 0.3) is 0 Å². The van der Waals surface area contributed by atoms with Gasteiger partial charge in [0.05, 0.1) is 0 Å². The molecule has 0 aromatic heterocycles. The number of carbonyl (C=O) groups excluding carboxylic acids is 1. The van der Waals surface area contributed by atoms with Gasteiger partial charge in [-0.1, -0.05) is 40.2 Å². The molecule has 1 heterocycles. The van der Waals surface area contributed by atoms with Gasteiger partial charge < -0.3 is 9.64 Å². The molecular formula is C19H19BrF2N2O2. The molecule has 7 heteroatoms. The van der Waals surface area contributed by atoms with Crippen LogP contribution in [0.15, 0.2) is 53.0 Å². The highest BCUT2D eigenvalue weighted by atomic mass is 79.9. The van der Waals surface area contributed by atoms with E-state index in [0.717, 1.165) is 24.1 Å². The molecule has 2 aromatic carbocycles. The molecule has 0 N–H and O–H groups in total. The van der Waals surface area contributed by atoms with E-state index in [9.17, 15) is 13.6 Å². The summed E-state index contributed by atoms with van der Waals surface area (Å²) in [5, 5.41) is 0. The summed E-state index contributed by atoms with van der Waals surface area (Å²) in [7, 11) is 0. The molecule has 3 rings (SSSR count). The first-order valence-corrected chi connectivity index (χ1v) is 9.12. The van der Waals surface area contributed by atoms with Crippen LogP contribution in [-0.2, 0) is 6.54 Å². The molecule has 1 fully saturated rings. The number of amides is 1. The van der Waals surface area contributed by atoms with Crippen molar-refractivity contribution in [1.29, 1.82) is 0 Å². The Morgan fingerprint density at radius 1 is 1.08 bits per heavy atom. The summed E-state index contributed by atoms with van der Waals surface area (Å²) in [5.74, 6) is -0.163. The number of carbonyl (C=O) groups is 1. The lowest BCUT2D eigenvalue weighted by atomic mass is 10.1. The van der Waals surface area contributed by atoms with E-state index in [2.05, 4.69) is 31.6 Å². The van der Waals surface area contributed by atoms with Gasteiger partial charge in [-0.25, -0.2) is 0 Å². The minimum atomic E-state index is -2.90. The fourth-order valence-corrected chi connectivity index (χ4v) is 3.37. The van der Waals surface area contributed by atoms with Crippen LogP contribution in [0.3, 0.4) is 0 Å². The van der Waals surface area contributed by atoms with Gasteiger partial charge in [0, 0.05) is 42.8 Å². The zero-order chi connectivity index (χ0) is 18.5. The van der Waals surface area contributed by atoms with Crippen molar-refractivity contribution in [2.45, 2.75) is 13.2 Å².